The van der Waals surface area contributed by atoms with Crippen molar-refractivity contribution in [3.8, 4) is 0 Å². The van der Waals surface area contributed by atoms with Crippen molar-refractivity contribution in [3.05, 3.63) is 11.6 Å². The first-order valence-corrected chi connectivity index (χ1v) is 29.3. The predicted octanol–water partition coefficient (Wildman–Crippen LogP) is -2.78. The number of fused-ring (bicyclic) bond motifs is 7. The first-order valence-electron chi connectivity index (χ1n) is 29.3. The van der Waals surface area contributed by atoms with E-state index in [0.717, 1.165) is 12.5 Å². The predicted molar refractivity (Wildman–Crippen MR) is 280 cm³/mol. The van der Waals surface area contributed by atoms with Crippen LogP contribution < -0.4 is 0 Å². The Morgan fingerprint density at radius 2 is 1.15 bits per heavy atom. The number of carboxylic acids is 1. The van der Waals surface area contributed by atoms with Gasteiger partial charge in [-0.2, -0.15) is 0 Å². The van der Waals surface area contributed by atoms with Crippen LogP contribution in [0.1, 0.15) is 108 Å². The van der Waals surface area contributed by atoms with Crippen LogP contribution in [0.2, 0.25) is 0 Å². The maximum absolute atomic E-state index is 13.3. The largest absolute Gasteiger partial charge is 0.479 e. The van der Waals surface area contributed by atoms with Gasteiger partial charge in [-0.1, -0.05) is 60.1 Å². The van der Waals surface area contributed by atoms with Crippen LogP contribution in [0.5, 0.6) is 0 Å². The van der Waals surface area contributed by atoms with Gasteiger partial charge in [-0.25, -0.2) is 4.79 Å². The van der Waals surface area contributed by atoms with Gasteiger partial charge in [0.1, 0.15) is 85.5 Å². The molecule has 0 aromatic carbocycles. The number of carboxylic acid groups (broad SMARTS) is 1. The highest BCUT2D eigenvalue weighted by Gasteiger charge is 2.76. The molecule has 4 saturated carbocycles. The highest BCUT2D eigenvalue weighted by atomic mass is 16.8. The SMILES string of the molecule is CC(=O)O[C@@H]1[C@@H](O)[C@H](C)O[C@@H](O[C@H]2[C@@H](OC(C)=O)[C@@]3(CO)C(CC2(C)C)C2=CCC4[C@@]5(C)CC[C@H](O[C@H]6O[C@H](C(=O)O)[C@@H](O)[C@H](O[C@H]7O[C@H](CO)[C@@H](O)[C@@H]7O)[C@H]6O[C@@H]6O[C@H](CO)[C@H](O)[C@H](O)[C@H]6O)C(C)(C)C5CC[C@@]4(C)[C@]2(C)[C@H](O)[C@@H]3O)[C@@H]1O. The zero-order valence-corrected chi connectivity index (χ0v) is 49.1. The molecule has 27 nitrogen and oxygen atoms in total. The number of esters is 2. The number of carbonyl (C=O) groups excluding carboxylic acids is 2. The molecule has 27 heteroatoms. The molecule has 4 heterocycles. The highest BCUT2D eigenvalue weighted by Crippen LogP contribution is 2.76. The molecule has 31 atom stereocenters. The number of hydrogen-bond acceptors (Lipinski definition) is 26. The van der Waals surface area contributed by atoms with E-state index >= 15 is 0 Å². The summed E-state index contributed by atoms with van der Waals surface area (Å²) in [7, 11) is 0. The number of ether oxygens (including phenoxy) is 10. The normalized spacial score (nSPS) is 52.4. The fourth-order valence-electron chi connectivity index (χ4n) is 17.4. The number of aliphatic carboxylic acids is 1. The fourth-order valence-corrected chi connectivity index (χ4v) is 17.4. The van der Waals surface area contributed by atoms with Gasteiger partial charge in [-0.3, -0.25) is 9.59 Å². The van der Waals surface area contributed by atoms with Crippen LogP contribution in [0, 0.1) is 50.2 Å². The Morgan fingerprint density at radius 3 is 1.73 bits per heavy atom. The summed E-state index contributed by atoms with van der Waals surface area (Å²) in [6, 6.07) is 0. The first kappa shape index (κ1) is 65.7. The Kier molecular flexibility index (Phi) is 18.5. The average Bonchev–Trinajstić information content (AvgIpc) is 3.04. The monoisotopic (exact) mass is 1210 g/mol. The summed E-state index contributed by atoms with van der Waals surface area (Å²) in [6.45, 7) is 15.3. The molecule has 0 spiro atoms. The van der Waals surface area contributed by atoms with Crippen LogP contribution in [-0.2, 0) is 61.8 Å². The Labute approximate surface area is 486 Å². The quantitative estimate of drug-likeness (QED) is 0.0475. The van der Waals surface area contributed by atoms with Gasteiger partial charge < -0.3 is 119 Å². The third-order valence-electron chi connectivity index (χ3n) is 22.0. The lowest BCUT2D eigenvalue weighted by atomic mass is 9.32. The number of aliphatic hydroxyl groups excluding tert-OH is 13. The van der Waals surface area contributed by atoms with Gasteiger partial charge >= 0.3 is 17.9 Å². The van der Waals surface area contributed by atoms with Gasteiger partial charge in [-0.15, -0.1) is 0 Å². The van der Waals surface area contributed by atoms with E-state index < -0.39 is 223 Å². The molecule has 0 bridgehead atoms. The minimum Gasteiger partial charge on any atom is -0.479 e. The van der Waals surface area contributed by atoms with Crippen LogP contribution in [-0.4, -0.2) is 256 Å². The maximum Gasteiger partial charge on any atom is 0.335 e. The molecule has 4 aliphatic heterocycles. The van der Waals surface area contributed by atoms with E-state index in [2.05, 4.69) is 19.9 Å². The number of carbonyl (C=O) groups is 3. The van der Waals surface area contributed by atoms with Crippen molar-refractivity contribution in [1.82, 2.24) is 0 Å². The molecule has 0 aromatic rings. The summed E-state index contributed by atoms with van der Waals surface area (Å²) in [5.41, 5.74) is -5.36. The summed E-state index contributed by atoms with van der Waals surface area (Å²) >= 11 is 0. The second-order valence-electron chi connectivity index (χ2n) is 27.3. The number of aliphatic hydroxyl groups is 13. The van der Waals surface area contributed by atoms with Crippen LogP contribution in [0.3, 0.4) is 0 Å². The van der Waals surface area contributed by atoms with E-state index in [1.807, 2.05) is 34.6 Å². The van der Waals surface area contributed by atoms with Gasteiger partial charge in [0.2, 0.25) is 0 Å². The van der Waals surface area contributed by atoms with Gasteiger partial charge in [0, 0.05) is 19.3 Å². The summed E-state index contributed by atoms with van der Waals surface area (Å²) in [4.78, 5) is 38.3. The van der Waals surface area contributed by atoms with E-state index in [1.54, 1.807) is 0 Å². The lowest BCUT2D eigenvalue weighted by Crippen LogP contribution is -2.77. The Bertz CT molecular complexity index is 2430. The van der Waals surface area contributed by atoms with E-state index in [4.69, 9.17) is 47.4 Å². The smallest absolute Gasteiger partial charge is 0.335 e. The summed E-state index contributed by atoms with van der Waals surface area (Å²) in [6.07, 6.45) is -35.2. The van der Waals surface area contributed by atoms with Crippen molar-refractivity contribution in [2.45, 2.75) is 255 Å². The second kappa shape index (κ2) is 23.6. The van der Waals surface area contributed by atoms with Crippen molar-refractivity contribution in [3.63, 3.8) is 0 Å². The van der Waals surface area contributed by atoms with Crippen LogP contribution in [0.15, 0.2) is 11.6 Å². The molecule has 9 rings (SSSR count). The van der Waals surface area contributed by atoms with Gasteiger partial charge in [0.15, 0.2) is 37.4 Å². The number of allylic oxidation sites excluding steroid dienone is 1. The topological polar surface area (TPSA) is 427 Å². The van der Waals surface area contributed by atoms with Crippen molar-refractivity contribution < 1.29 is 133 Å². The number of rotatable bonds is 14. The summed E-state index contributed by atoms with van der Waals surface area (Å²) in [5, 5.41) is 157. The Balaban J connectivity index is 1.03. The molecule has 480 valence electrons. The Morgan fingerprint density at radius 1 is 0.583 bits per heavy atom. The van der Waals surface area contributed by atoms with Gasteiger partial charge in [0.25, 0.3) is 0 Å². The molecule has 0 radical (unpaired) electrons. The number of hydrogen-bond donors (Lipinski definition) is 14. The molecule has 84 heavy (non-hydrogen) atoms. The summed E-state index contributed by atoms with van der Waals surface area (Å²) < 4.78 is 60.4. The van der Waals surface area contributed by atoms with E-state index in [9.17, 15) is 85.9 Å². The Hall–Kier alpha value is -2.69. The standard InChI is InChI=1S/C57H90O27/c1-21-31(63)39(76-22(2)61)38(70)50(75-21)84-45-46(77-23(3)62)57(20-60)25(17-52(45,4)5)24-11-12-29-54(8)15-14-30(53(6,7)28(54)13-16-55(29,9)56(24,10)43(71)44(57)72)80-51-42(83-49-36(68)34(66)32(64)26(18-58)78-49)40(37(69)41(82-51)47(73)74)81-48-35(67)33(65)27(19-59)79-48/h11,21,25-46,48-51,58-60,63-72H,12-20H2,1-10H3,(H,73,74)/t21-,25?,26+,27+,28?,29?,30-,31-,32-,33+,34-,35-,36+,37-,38+,39+,40-,41-,42+,43+,44-,45-,46+,48+,49-,50-,51-,54-,55+,56-,57-/m0/s1. The molecule has 0 aromatic heterocycles. The lowest BCUT2D eigenvalue weighted by molar-refractivity contribution is -0.386. The molecule has 3 unspecified atom stereocenters. The van der Waals surface area contributed by atoms with Gasteiger partial charge in [0.05, 0.1) is 49.7 Å². The van der Waals surface area contributed by atoms with Crippen molar-refractivity contribution >= 4 is 17.9 Å². The highest BCUT2D eigenvalue weighted by molar-refractivity contribution is 5.73. The van der Waals surface area contributed by atoms with E-state index in [1.165, 1.54) is 13.8 Å². The van der Waals surface area contributed by atoms with Crippen LogP contribution in [0.25, 0.3) is 0 Å². The molecular weight excluding hydrogens is 1120 g/mol. The lowest BCUT2D eigenvalue weighted by Gasteiger charge is -2.73. The van der Waals surface area contributed by atoms with Gasteiger partial charge in [-0.05, 0) is 84.9 Å². The minimum absolute atomic E-state index is 0.190. The molecular formula is C57H90O27. The zero-order valence-electron chi connectivity index (χ0n) is 49.1. The fraction of sp³-hybridized carbons (Fsp3) is 0.912. The molecule has 14 N–H and O–H groups in total. The van der Waals surface area contributed by atoms with Crippen LogP contribution in [0.4, 0.5) is 0 Å². The summed E-state index contributed by atoms with van der Waals surface area (Å²) in [5.74, 6) is -4.35. The molecule has 0 amide bonds. The maximum atomic E-state index is 13.3. The minimum atomic E-state index is -2.14. The zero-order chi connectivity index (χ0) is 62.0. The van der Waals surface area contributed by atoms with Crippen molar-refractivity contribution in [2.75, 3.05) is 19.8 Å². The molecule has 5 aliphatic carbocycles. The van der Waals surface area contributed by atoms with E-state index in [-0.39, 0.29) is 24.7 Å². The molecule has 9 aliphatic rings. The third kappa shape index (κ3) is 10.3. The average molecular weight is 1210 g/mol. The van der Waals surface area contributed by atoms with Crippen molar-refractivity contribution in [1.29, 1.82) is 0 Å². The molecule has 4 saturated heterocycles. The van der Waals surface area contributed by atoms with Crippen LogP contribution >= 0.6 is 0 Å². The van der Waals surface area contributed by atoms with E-state index in [0.29, 0.717) is 25.7 Å². The first-order chi connectivity index (χ1) is 39.1. The van der Waals surface area contributed by atoms with Crippen molar-refractivity contribution in [2.24, 2.45) is 50.2 Å². The third-order valence-corrected chi connectivity index (χ3v) is 22.0. The molecule has 8 fully saturated rings. The second-order valence-corrected chi connectivity index (χ2v) is 27.3.